The molecule has 0 saturated carbocycles. The van der Waals surface area contributed by atoms with Gasteiger partial charge in [-0.2, -0.15) is 0 Å². The fourth-order valence-electron chi connectivity index (χ4n) is 3.08. The minimum atomic E-state index is -0.245. The van der Waals surface area contributed by atoms with Gasteiger partial charge in [-0.3, -0.25) is 4.79 Å². The van der Waals surface area contributed by atoms with Crippen molar-refractivity contribution in [2.75, 3.05) is 6.54 Å². The standard InChI is InChI=1S/C18H21FN2O2/c1-2-17(22)21-10-6-5-9-16(21)18-20-12-14(23-18)11-13-7-3-4-8-15(13)19/h3-4,7-8,12,16H,2,5-6,9-11H2,1H3/t16-/m1/s1. The van der Waals surface area contributed by atoms with Crippen LogP contribution < -0.4 is 0 Å². The number of likely N-dealkylation sites (tertiary alicyclic amines) is 1. The second kappa shape index (κ2) is 6.94. The number of hydrogen-bond donors (Lipinski definition) is 0. The van der Waals surface area contributed by atoms with Crippen molar-refractivity contribution in [2.45, 2.75) is 45.1 Å². The van der Waals surface area contributed by atoms with Gasteiger partial charge in [0.25, 0.3) is 0 Å². The monoisotopic (exact) mass is 316 g/mol. The van der Waals surface area contributed by atoms with E-state index in [1.807, 2.05) is 11.8 Å². The lowest BCUT2D eigenvalue weighted by atomic mass is 10.0. The minimum Gasteiger partial charge on any atom is -0.443 e. The third-order valence-electron chi connectivity index (χ3n) is 4.30. The molecular weight excluding hydrogens is 295 g/mol. The van der Waals surface area contributed by atoms with Crippen LogP contribution in [0.15, 0.2) is 34.9 Å². The number of benzene rings is 1. The number of halogens is 1. The molecule has 2 heterocycles. The Bertz CT molecular complexity index is 683. The summed E-state index contributed by atoms with van der Waals surface area (Å²) >= 11 is 0. The Hall–Kier alpha value is -2.17. The molecule has 0 bridgehead atoms. The van der Waals surface area contributed by atoms with Crippen LogP contribution >= 0.6 is 0 Å². The Morgan fingerprint density at radius 3 is 3.00 bits per heavy atom. The van der Waals surface area contributed by atoms with E-state index in [-0.39, 0.29) is 17.8 Å². The summed E-state index contributed by atoms with van der Waals surface area (Å²) in [6, 6.07) is 6.56. The molecule has 0 N–H and O–H groups in total. The van der Waals surface area contributed by atoms with Crippen LogP contribution in [0.4, 0.5) is 4.39 Å². The summed E-state index contributed by atoms with van der Waals surface area (Å²) in [6.45, 7) is 2.62. The Balaban J connectivity index is 1.78. The lowest BCUT2D eigenvalue weighted by Crippen LogP contribution is -2.38. The molecule has 0 radical (unpaired) electrons. The van der Waals surface area contributed by atoms with Crippen LogP contribution in [-0.2, 0) is 11.2 Å². The van der Waals surface area contributed by atoms with Gasteiger partial charge in [-0.1, -0.05) is 25.1 Å². The summed E-state index contributed by atoms with van der Waals surface area (Å²) in [5, 5.41) is 0. The number of piperidine rings is 1. The van der Waals surface area contributed by atoms with Gasteiger partial charge in [-0.05, 0) is 30.9 Å². The number of carbonyl (C=O) groups excluding carboxylic acids is 1. The molecule has 122 valence electrons. The first-order valence-electron chi connectivity index (χ1n) is 8.16. The molecule has 1 aromatic heterocycles. The fourth-order valence-corrected chi connectivity index (χ4v) is 3.08. The normalized spacial score (nSPS) is 18.2. The molecule has 2 aromatic rings. The molecule has 1 saturated heterocycles. The van der Waals surface area contributed by atoms with E-state index in [2.05, 4.69) is 4.98 Å². The third kappa shape index (κ3) is 3.44. The average Bonchev–Trinajstić information content (AvgIpc) is 3.05. The van der Waals surface area contributed by atoms with Crippen molar-refractivity contribution in [3.05, 3.63) is 53.5 Å². The molecule has 0 aliphatic carbocycles. The van der Waals surface area contributed by atoms with Gasteiger partial charge < -0.3 is 9.32 Å². The van der Waals surface area contributed by atoms with Crippen molar-refractivity contribution >= 4 is 5.91 Å². The maximum Gasteiger partial charge on any atom is 0.222 e. The van der Waals surface area contributed by atoms with Gasteiger partial charge in [0.15, 0.2) is 0 Å². The molecule has 4 nitrogen and oxygen atoms in total. The predicted molar refractivity (Wildman–Crippen MR) is 84.3 cm³/mol. The number of rotatable bonds is 4. The van der Waals surface area contributed by atoms with Crippen LogP contribution in [-0.4, -0.2) is 22.3 Å². The Labute approximate surface area is 135 Å². The van der Waals surface area contributed by atoms with Gasteiger partial charge in [-0.25, -0.2) is 9.37 Å². The molecule has 1 aromatic carbocycles. The van der Waals surface area contributed by atoms with E-state index in [1.54, 1.807) is 24.4 Å². The molecule has 3 rings (SSSR count). The van der Waals surface area contributed by atoms with E-state index < -0.39 is 0 Å². The number of aromatic nitrogens is 1. The zero-order valence-corrected chi connectivity index (χ0v) is 13.3. The van der Waals surface area contributed by atoms with Gasteiger partial charge in [0.2, 0.25) is 11.8 Å². The summed E-state index contributed by atoms with van der Waals surface area (Å²) in [5.74, 6) is 1.08. The predicted octanol–water partition coefficient (Wildman–Crippen LogP) is 3.87. The van der Waals surface area contributed by atoms with Crippen LogP contribution in [0.1, 0.15) is 55.9 Å². The molecule has 1 aliphatic rings. The first-order valence-corrected chi connectivity index (χ1v) is 8.16. The smallest absolute Gasteiger partial charge is 0.222 e. The lowest BCUT2D eigenvalue weighted by molar-refractivity contribution is -0.135. The fraction of sp³-hybridized carbons (Fsp3) is 0.444. The molecule has 0 unspecified atom stereocenters. The van der Waals surface area contributed by atoms with Gasteiger partial charge in [0.05, 0.1) is 6.20 Å². The van der Waals surface area contributed by atoms with E-state index in [0.717, 1.165) is 25.8 Å². The molecule has 23 heavy (non-hydrogen) atoms. The van der Waals surface area contributed by atoms with Gasteiger partial charge in [0, 0.05) is 19.4 Å². The largest absolute Gasteiger partial charge is 0.443 e. The first kappa shape index (κ1) is 15.7. The zero-order valence-electron chi connectivity index (χ0n) is 13.3. The van der Waals surface area contributed by atoms with E-state index in [0.29, 0.717) is 30.1 Å². The second-order valence-corrected chi connectivity index (χ2v) is 5.89. The SMILES string of the molecule is CCC(=O)N1CCCC[C@@H]1c1ncc(Cc2ccccc2F)o1. The van der Waals surface area contributed by atoms with Crippen molar-refractivity contribution in [1.29, 1.82) is 0 Å². The summed E-state index contributed by atoms with van der Waals surface area (Å²) in [6.07, 6.45) is 5.44. The molecule has 1 fully saturated rings. The van der Waals surface area contributed by atoms with Crippen molar-refractivity contribution in [2.24, 2.45) is 0 Å². The topological polar surface area (TPSA) is 46.3 Å². The van der Waals surface area contributed by atoms with Crippen LogP contribution in [0, 0.1) is 5.82 Å². The van der Waals surface area contributed by atoms with Gasteiger partial charge >= 0.3 is 0 Å². The summed E-state index contributed by atoms with van der Waals surface area (Å²) < 4.78 is 19.6. The van der Waals surface area contributed by atoms with Crippen LogP contribution in [0.3, 0.4) is 0 Å². The number of oxazole rings is 1. The van der Waals surface area contributed by atoms with Gasteiger partial charge in [0.1, 0.15) is 17.6 Å². The molecule has 1 aliphatic heterocycles. The van der Waals surface area contributed by atoms with E-state index in [9.17, 15) is 9.18 Å². The lowest BCUT2D eigenvalue weighted by Gasteiger charge is -2.33. The summed E-state index contributed by atoms with van der Waals surface area (Å²) in [4.78, 5) is 18.3. The number of amides is 1. The average molecular weight is 316 g/mol. The Morgan fingerprint density at radius 2 is 2.22 bits per heavy atom. The Kier molecular flexibility index (Phi) is 4.74. The number of hydrogen-bond acceptors (Lipinski definition) is 3. The van der Waals surface area contributed by atoms with E-state index >= 15 is 0 Å². The van der Waals surface area contributed by atoms with E-state index in [1.165, 1.54) is 6.07 Å². The number of nitrogens with zero attached hydrogens (tertiary/aromatic N) is 2. The van der Waals surface area contributed by atoms with Crippen molar-refractivity contribution < 1.29 is 13.6 Å². The third-order valence-corrected chi connectivity index (χ3v) is 4.30. The molecule has 1 amide bonds. The van der Waals surface area contributed by atoms with Crippen LogP contribution in [0.5, 0.6) is 0 Å². The number of carbonyl (C=O) groups is 1. The molecule has 5 heteroatoms. The maximum absolute atomic E-state index is 13.7. The second-order valence-electron chi connectivity index (χ2n) is 5.89. The maximum atomic E-state index is 13.7. The highest BCUT2D eigenvalue weighted by molar-refractivity contribution is 5.76. The molecular formula is C18H21FN2O2. The molecule has 0 spiro atoms. The van der Waals surface area contributed by atoms with Crippen molar-refractivity contribution in [1.82, 2.24) is 9.88 Å². The highest BCUT2D eigenvalue weighted by atomic mass is 19.1. The highest BCUT2D eigenvalue weighted by Crippen LogP contribution is 2.31. The van der Waals surface area contributed by atoms with Crippen LogP contribution in [0.2, 0.25) is 0 Å². The first-order chi connectivity index (χ1) is 11.2. The zero-order chi connectivity index (χ0) is 16.2. The van der Waals surface area contributed by atoms with Crippen molar-refractivity contribution in [3.63, 3.8) is 0 Å². The highest BCUT2D eigenvalue weighted by Gasteiger charge is 2.30. The summed E-state index contributed by atoms with van der Waals surface area (Å²) in [5.41, 5.74) is 0.584. The quantitative estimate of drug-likeness (QED) is 0.860. The minimum absolute atomic E-state index is 0.0921. The molecule has 1 atom stereocenters. The van der Waals surface area contributed by atoms with Crippen molar-refractivity contribution in [3.8, 4) is 0 Å². The summed E-state index contributed by atoms with van der Waals surface area (Å²) in [7, 11) is 0. The van der Waals surface area contributed by atoms with Crippen LogP contribution in [0.25, 0.3) is 0 Å². The van der Waals surface area contributed by atoms with Gasteiger partial charge in [-0.15, -0.1) is 0 Å². The van der Waals surface area contributed by atoms with E-state index in [4.69, 9.17) is 4.42 Å². The Morgan fingerprint density at radius 1 is 1.39 bits per heavy atom.